The minimum Gasteiger partial charge on any atom is -0.306 e. The summed E-state index contributed by atoms with van der Waals surface area (Å²) in [7, 11) is 0. The van der Waals surface area contributed by atoms with Crippen molar-refractivity contribution in [2.45, 2.75) is 45.6 Å². The van der Waals surface area contributed by atoms with E-state index in [2.05, 4.69) is 55.7 Å². The first-order valence-electron chi connectivity index (χ1n) is 7.73. The molecule has 0 amide bonds. The average Bonchev–Trinajstić information content (AvgIpc) is 2.94. The van der Waals surface area contributed by atoms with Crippen molar-refractivity contribution in [2.24, 2.45) is 0 Å². The third-order valence-corrected chi connectivity index (χ3v) is 5.38. The van der Waals surface area contributed by atoms with Crippen LogP contribution in [0.1, 0.15) is 61.6 Å². The van der Waals surface area contributed by atoms with E-state index in [0.29, 0.717) is 5.92 Å². The van der Waals surface area contributed by atoms with Crippen LogP contribution in [0.4, 0.5) is 0 Å². The zero-order chi connectivity index (χ0) is 15.2. The second-order valence-electron chi connectivity index (χ2n) is 5.50. The molecule has 1 heterocycles. The molecule has 114 valence electrons. The molecule has 0 bridgehead atoms. The molecular formula is C18H24ClNS. The quantitative estimate of drug-likeness (QED) is 0.659. The van der Waals surface area contributed by atoms with Crippen molar-refractivity contribution >= 4 is 22.9 Å². The Morgan fingerprint density at radius 1 is 1.10 bits per heavy atom. The molecule has 1 nitrogen and oxygen atoms in total. The van der Waals surface area contributed by atoms with Gasteiger partial charge in [-0.3, -0.25) is 0 Å². The largest absolute Gasteiger partial charge is 0.306 e. The predicted octanol–water partition coefficient (Wildman–Crippen LogP) is 6.00. The Balaban J connectivity index is 2.26. The fourth-order valence-electron chi connectivity index (χ4n) is 2.41. The first-order chi connectivity index (χ1) is 10.2. The van der Waals surface area contributed by atoms with Crippen LogP contribution >= 0.6 is 22.9 Å². The molecule has 0 fully saturated rings. The highest BCUT2D eigenvalue weighted by molar-refractivity contribution is 7.10. The normalized spacial score (nSPS) is 14.1. The van der Waals surface area contributed by atoms with Gasteiger partial charge in [0.2, 0.25) is 0 Å². The van der Waals surface area contributed by atoms with Crippen molar-refractivity contribution in [3.8, 4) is 0 Å². The van der Waals surface area contributed by atoms with Crippen molar-refractivity contribution < 1.29 is 0 Å². The van der Waals surface area contributed by atoms with Gasteiger partial charge in [0, 0.05) is 4.88 Å². The lowest BCUT2D eigenvalue weighted by molar-refractivity contribution is 0.605. The van der Waals surface area contributed by atoms with Gasteiger partial charge in [0.1, 0.15) is 0 Å². The lowest BCUT2D eigenvalue weighted by Gasteiger charge is -2.19. The van der Waals surface area contributed by atoms with Gasteiger partial charge in [-0.2, -0.15) is 0 Å². The number of halogens is 1. The van der Waals surface area contributed by atoms with Crippen LogP contribution in [0.25, 0.3) is 0 Å². The predicted molar refractivity (Wildman–Crippen MR) is 94.6 cm³/mol. The van der Waals surface area contributed by atoms with Crippen molar-refractivity contribution in [1.82, 2.24) is 5.32 Å². The number of thiophene rings is 1. The zero-order valence-electron chi connectivity index (χ0n) is 13.0. The third kappa shape index (κ3) is 4.09. The van der Waals surface area contributed by atoms with Crippen LogP contribution in [0, 0.1) is 0 Å². The molecule has 0 spiro atoms. The van der Waals surface area contributed by atoms with Crippen molar-refractivity contribution in [3.05, 3.63) is 56.7 Å². The van der Waals surface area contributed by atoms with Crippen LogP contribution in [-0.4, -0.2) is 6.54 Å². The molecule has 0 aliphatic rings. The Labute approximate surface area is 137 Å². The highest BCUT2D eigenvalue weighted by Crippen LogP contribution is 2.33. The second kappa shape index (κ2) is 7.98. The topological polar surface area (TPSA) is 12.0 Å². The molecule has 21 heavy (non-hydrogen) atoms. The first-order valence-corrected chi connectivity index (χ1v) is 8.99. The van der Waals surface area contributed by atoms with Crippen LogP contribution in [0.15, 0.2) is 35.7 Å². The SMILES string of the molecule is CCCNC(c1ccc(C(C)CC)cc1)c1sccc1Cl. The Bertz CT molecular complexity index is 547. The van der Waals surface area contributed by atoms with E-state index in [1.54, 1.807) is 11.3 Å². The molecule has 0 saturated heterocycles. The molecule has 1 N–H and O–H groups in total. The Hall–Kier alpha value is -0.830. The average molecular weight is 322 g/mol. The maximum Gasteiger partial charge on any atom is 0.0686 e. The van der Waals surface area contributed by atoms with E-state index in [1.807, 2.05) is 6.07 Å². The summed E-state index contributed by atoms with van der Waals surface area (Å²) in [6.07, 6.45) is 2.29. The molecule has 3 heteroatoms. The van der Waals surface area contributed by atoms with Gasteiger partial charge in [0.05, 0.1) is 11.1 Å². The molecule has 2 rings (SSSR count). The third-order valence-electron chi connectivity index (χ3n) is 3.96. The fourth-order valence-corrected chi connectivity index (χ4v) is 3.68. The zero-order valence-corrected chi connectivity index (χ0v) is 14.6. The maximum absolute atomic E-state index is 6.34. The van der Waals surface area contributed by atoms with E-state index in [-0.39, 0.29) is 6.04 Å². The summed E-state index contributed by atoms with van der Waals surface area (Å²) in [5, 5.41) is 6.54. The summed E-state index contributed by atoms with van der Waals surface area (Å²) >= 11 is 8.06. The molecule has 0 radical (unpaired) electrons. The smallest absolute Gasteiger partial charge is 0.0686 e. The molecule has 2 aromatic rings. The number of hydrogen-bond donors (Lipinski definition) is 1. The van der Waals surface area contributed by atoms with E-state index in [0.717, 1.165) is 18.0 Å². The van der Waals surface area contributed by atoms with Gasteiger partial charge >= 0.3 is 0 Å². The van der Waals surface area contributed by atoms with Gasteiger partial charge in [0.25, 0.3) is 0 Å². The number of hydrogen-bond acceptors (Lipinski definition) is 2. The van der Waals surface area contributed by atoms with E-state index >= 15 is 0 Å². The second-order valence-corrected chi connectivity index (χ2v) is 6.85. The Morgan fingerprint density at radius 2 is 1.76 bits per heavy atom. The van der Waals surface area contributed by atoms with Crippen LogP contribution in [-0.2, 0) is 0 Å². The van der Waals surface area contributed by atoms with E-state index in [9.17, 15) is 0 Å². The highest BCUT2D eigenvalue weighted by Gasteiger charge is 2.18. The molecule has 2 atom stereocenters. The molecule has 2 unspecified atom stereocenters. The summed E-state index contributed by atoms with van der Waals surface area (Å²) < 4.78 is 0. The monoisotopic (exact) mass is 321 g/mol. The van der Waals surface area contributed by atoms with Gasteiger partial charge in [-0.1, -0.05) is 56.6 Å². The fraction of sp³-hybridized carbons (Fsp3) is 0.444. The minimum atomic E-state index is 0.198. The molecule has 1 aromatic carbocycles. The molecule has 0 saturated carbocycles. The summed E-state index contributed by atoms with van der Waals surface area (Å²) in [4.78, 5) is 1.21. The highest BCUT2D eigenvalue weighted by atomic mass is 35.5. The van der Waals surface area contributed by atoms with Crippen molar-refractivity contribution in [3.63, 3.8) is 0 Å². The standard InChI is InChI=1S/C18H24ClNS/c1-4-11-20-17(18-16(19)10-12-21-18)15-8-6-14(7-9-15)13(3)5-2/h6-10,12-13,17,20H,4-5,11H2,1-3H3. The maximum atomic E-state index is 6.34. The van der Waals surface area contributed by atoms with Gasteiger partial charge in [-0.05, 0) is 47.9 Å². The van der Waals surface area contributed by atoms with Crippen molar-refractivity contribution in [1.29, 1.82) is 0 Å². The summed E-state index contributed by atoms with van der Waals surface area (Å²) in [6.45, 7) is 7.69. The molecule has 0 aliphatic carbocycles. The molecule has 1 aromatic heterocycles. The minimum absolute atomic E-state index is 0.198. The Kier molecular flexibility index (Phi) is 6.28. The van der Waals surface area contributed by atoms with Crippen LogP contribution in [0.3, 0.4) is 0 Å². The van der Waals surface area contributed by atoms with Crippen LogP contribution < -0.4 is 5.32 Å². The van der Waals surface area contributed by atoms with E-state index in [1.165, 1.54) is 22.4 Å². The van der Waals surface area contributed by atoms with Crippen LogP contribution in [0.5, 0.6) is 0 Å². The summed E-state index contributed by atoms with van der Waals surface area (Å²) in [6, 6.07) is 11.2. The van der Waals surface area contributed by atoms with Crippen LogP contribution in [0.2, 0.25) is 5.02 Å². The Morgan fingerprint density at radius 3 is 2.29 bits per heavy atom. The summed E-state index contributed by atoms with van der Waals surface area (Å²) in [5.41, 5.74) is 2.70. The lowest BCUT2D eigenvalue weighted by Crippen LogP contribution is -2.22. The van der Waals surface area contributed by atoms with Gasteiger partial charge < -0.3 is 5.32 Å². The number of nitrogens with one attached hydrogen (secondary N) is 1. The number of benzene rings is 1. The van der Waals surface area contributed by atoms with Crippen molar-refractivity contribution in [2.75, 3.05) is 6.54 Å². The summed E-state index contributed by atoms with van der Waals surface area (Å²) in [5.74, 6) is 0.617. The van der Waals surface area contributed by atoms with Gasteiger partial charge in [-0.15, -0.1) is 11.3 Å². The molecule has 0 aliphatic heterocycles. The van der Waals surface area contributed by atoms with E-state index < -0.39 is 0 Å². The van der Waals surface area contributed by atoms with Gasteiger partial charge in [0.15, 0.2) is 0 Å². The number of rotatable bonds is 7. The van der Waals surface area contributed by atoms with Gasteiger partial charge in [-0.25, -0.2) is 0 Å². The lowest BCUT2D eigenvalue weighted by atomic mass is 9.95. The van der Waals surface area contributed by atoms with E-state index in [4.69, 9.17) is 11.6 Å². The molecular weight excluding hydrogens is 298 g/mol. The first kappa shape index (κ1) is 16.5.